The topological polar surface area (TPSA) is 63.4 Å². The molecule has 0 amide bonds. The van der Waals surface area contributed by atoms with Gasteiger partial charge in [0.1, 0.15) is 11.6 Å². The van der Waals surface area contributed by atoms with Gasteiger partial charge in [0.2, 0.25) is 0 Å². The lowest BCUT2D eigenvalue weighted by Crippen LogP contribution is -2.60. The highest BCUT2D eigenvalue weighted by molar-refractivity contribution is 5.94. The molecule has 1 aromatic heterocycles. The lowest BCUT2D eigenvalue weighted by Gasteiger charge is -2.42. The normalized spacial score (nSPS) is 17.9. The molecule has 6 heteroatoms. The van der Waals surface area contributed by atoms with Gasteiger partial charge in [-0.15, -0.1) is 0 Å². The number of nitrogens with zero attached hydrogens (tertiary/aromatic N) is 2. The van der Waals surface area contributed by atoms with E-state index in [1.807, 2.05) is 6.07 Å². The third-order valence-corrected chi connectivity index (χ3v) is 6.23. The molecule has 0 aliphatic carbocycles. The summed E-state index contributed by atoms with van der Waals surface area (Å²) in [6, 6.07) is 13.6. The zero-order valence-electron chi connectivity index (χ0n) is 17.2. The van der Waals surface area contributed by atoms with Gasteiger partial charge in [0.05, 0.1) is 24.3 Å². The molecule has 0 radical (unpaired) electrons. The van der Waals surface area contributed by atoms with Crippen molar-refractivity contribution in [2.24, 2.45) is 5.73 Å². The number of pyridine rings is 1. The highest BCUT2D eigenvalue weighted by atomic mass is 19.1. The van der Waals surface area contributed by atoms with E-state index in [-0.39, 0.29) is 11.4 Å². The summed E-state index contributed by atoms with van der Waals surface area (Å²) in [5, 5.41) is 4.74. The second-order valence-corrected chi connectivity index (χ2v) is 8.59. The van der Waals surface area contributed by atoms with Gasteiger partial charge >= 0.3 is 0 Å². The van der Waals surface area contributed by atoms with Crippen LogP contribution < -0.4 is 16.0 Å². The number of halogens is 1. The second-order valence-electron chi connectivity index (χ2n) is 8.59. The molecular formula is C24H27FN4O. The highest BCUT2D eigenvalue weighted by Gasteiger charge is 2.37. The second kappa shape index (κ2) is 7.52. The maximum atomic E-state index is 13.9. The van der Waals surface area contributed by atoms with Crippen LogP contribution in [0.15, 0.2) is 42.5 Å². The molecule has 3 heterocycles. The monoisotopic (exact) mass is 406 g/mol. The van der Waals surface area contributed by atoms with Gasteiger partial charge in [-0.3, -0.25) is 0 Å². The zero-order chi connectivity index (χ0) is 20.7. The first kappa shape index (κ1) is 19.3. The van der Waals surface area contributed by atoms with Crippen molar-refractivity contribution in [3.63, 3.8) is 0 Å². The van der Waals surface area contributed by atoms with E-state index in [9.17, 15) is 4.39 Å². The fraction of sp³-hybridized carbons (Fsp3) is 0.375. The van der Waals surface area contributed by atoms with E-state index in [4.69, 9.17) is 15.5 Å². The molecule has 5 rings (SSSR count). The Morgan fingerprint density at radius 3 is 2.80 bits per heavy atom. The summed E-state index contributed by atoms with van der Waals surface area (Å²) in [4.78, 5) is 7.22. The minimum Gasteiger partial charge on any atom is -0.376 e. The van der Waals surface area contributed by atoms with Crippen molar-refractivity contribution < 1.29 is 9.13 Å². The number of aryl methyl sites for hydroxylation is 2. The maximum Gasteiger partial charge on any atom is 0.131 e. The van der Waals surface area contributed by atoms with E-state index in [1.54, 1.807) is 12.1 Å². The Morgan fingerprint density at radius 1 is 1.17 bits per heavy atom. The Morgan fingerprint density at radius 2 is 2.03 bits per heavy atom. The first-order chi connectivity index (χ1) is 14.5. The number of aromatic nitrogens is 1. The lowest BCUT2D eigenvalue weighted by molar-refractivity contribution is -0.0365. The van der Waals surface area contributed by atoms with Crippen molar-refractivity contribution in [1.29, 1.82) is 0 Å². The Bertz CT molecular complexity index is 1090. The average molecular weight is 407 g/mol. The van der Waals surface area contributed by atoms with Crippen LogP contribution in [-0.2, 0) is 17.7 Å². The van der Waals surface area contributed by atoms with Crippen LogP contribution in [0.2, 0.25) is 0 Å². The van der Waals surface area contributed by atoms with Crippen molar-refractivity contribution in [3.05, 3.63) is 65.0 Å². The highest BCUT2D eigenvalue weighted by Crippen LogP contribution is 2.33. The summed E-state index contributed by atoms with van der Waals surface area (Å²) in [5.41, 5.74) is 11.2. The van der Waals surface area contributed by atoms with Crippen LogP contribution in [0.25, 0.3) is 10.9 Å². The Kier molecular flexibility index (Phi) is 4.83. The van der Waals surface area contributed by atoms with Crippen molar-refractivity contribution in [3.8, 4) is 0 Å². The van der Waals surface area contributed by atoms with E-state index in [2.05, 4.69) is 41.4 Å². The molecule has 156 valence electrons. The SMILES string of the molecule is Cc1ccc2nc(N3CCCc4ccc(F)cc4C3)cc(NC3(CN)COC3)c2c1. The van der Waals surface area contributed by atoms with Crippen molar-refractivity contribution in [2.75, 3.05) is 36.5 Å². The van der Waals surface area contributed by atoms with Crippen LogP contribution in [0.5, 0.6) is 0 Å². The van der Waals surface area contributed by atoms with E-state index in [0.29, 0.717) is 26.3 Å². The Hall–Kier alpha value is -2.70. The minimum absolute atomic E-state index is 0.185. The van der Waals surface area contributed by atoms with Gasteiger partial charge in [0.25, 0.3) is 0 Å². The number of nitrogens with one attached hydrogen (secondary N) is 1. The van der Waals surface area contributed by atoms with E-state index >= 15 is 0 Å². The van der Waals surface area contributed by atoms with Gasteiger partial charge in [-0.05, 0) is 55.2 Å². The first-order valence-electron chi connectivity index (χ1n) is 10.5. The van der Waals surface area contributed by atoms with Gasteiger partial charge < -0.3 is 20.7 Å². The van der Waals surface area contributed by atoms with E-state index < -0.39 is 0 Å². The summed E-state index contributed by atoms with van der Waals surface area (Å²) in [6.45, 7) is 5.33. The summed E-state index contributed by atoms with van der Waals surface area (Å²) < 4.78 is 19.3. The van der Waals surface area contributed by atoms with E-state index in [1.165, 1.54) is 11.1 Å². The van der Waals surface area contributed by atoms with Gasteiger partial charge in [0, 0.05) is 36.8 Å². The molecule has 3 aromatic rings. The number of fused-ring (bicyclic) bond motifs is 2. The summed E-state index contributed by atoms with van der Waals surface area (Å²) in [5.74, 6) is 0.716. The number of benzene rings is 2. The van der Waals surface area contributed by atoms with Crippen molar-refractivity contribution >= 4 is 22.4 Å². The summed E-state index contributed by atoms with van der Waals surface area (Å²) >= 11 is 0. The smallest absolute Gasteiger partial charge is 0.131 e. The van der Waals surface area contributed by atoms with Crippen LogP contribution in [0.1, 0.15) is 23.1 Å². The quantitative estimate of drug-likeness (QED) is 0.691. The van der Waals surface area contributed by atoms with Gasteiger partial charge in [-0.25, -0.2) is 9.37 Å². The van der Waals surface area contributed by atoms with Crippen LogP contribution in [-0.4, -0.2) is 36.8 Å². The fourth-order valence-electron chi connectivity index (χ4n) is 4.39. The standard InChI is InChI=1S/C24H27FN4O/c1-16-4-7-21-20(9-16)22(28-24(13-26)14-30-15-24)11-23(27-21)29-8-2-3-17-5-6-19(25)10-18(17)12-29/h4-7,9-11H,2-3,8,12-15,26H2,1H3,(H,27,28). The van der Waals surface area contributed by atoms with Crippen LogP contribution in [0.3, 0.4) is 0 Å². The van der Waals surface area contributed by atoms with E-state index in [0.717, 1.165) is 47.4 Å². The lowest BCUT2D eigenvalue weighted by atomic mass is 9.96. The summed E-state index contributed by atoms with van der Waals surface area (Å²) in [7, 11) is 0. The molecular weight excluding hydrogens is 379 g/mol. The Balaban J connectivity index is 1.56. The number of hydrogen-bond donors (Lipinski definition) is 2. The molecule has 0 unspecified atom stereocenters. The van der Waals surface area contributed by atoms with Gasteiger partial charge in [-0.2, -0.15) is 0 Å². The molecule has 30 heavy (non-hydrogen) atoms. The number of nitrogens with two attached hydrogens (primary N) is 1. The molecule has 0 spiro atoms. The average Bonchev–Trinajstić information content (AvgIpc) is 2.92. The molecule has 1 saturated heterocycles. The molecule has 2 aliphatic rings. The molecule has 0 bridgehead atoms. The molecule has 0 saturated carbocycles. The predicted molar refractivity (Wildman–Crippen MR) is 118 cm³/mol. The van der Waals surface area contributed by atoms with Crippen molar-refractivity contribution in [1.82, 2.24) is 4.98 Å². The maximum absolute atomic E-state index is 13.9. The minimum atomic E-state index is -0.232. The van der Waals surface area contributed by atoms with Crippen LogP contribution in [0.4, 0.5) is 15.9 Å². The molecule has 0 atom stereocenters. The van der Waals surface area contributed by atoms with Gasteiger partial charge in [0.15, 0.2) is 0 Å². The molecule has 2 aliphatic heterocycles. The number of rotatable bonds is 4. The van der Waals surface area contributed by atoms with Crippen LogP contribution >= 0.6 is 0 Å². The molecule has 3 N–H and O–H groups in total. The van der Waals surface area contributed by atoms with Crippen LogP contribution in [0, 0.1) is 12.7 Å². The van der Waals surface area contributed by atoms with Gasteiger partial charge in [-0.1, -0.05) is 17.7 Å². The largest absolute Gasteiger partial charge is 0.376 e. The first-order valence-corrected chi connectivity index (χ1v) is 10.5. The third kappa shape index (κ3) is 3.50. The molecule has 5 nitrogen and oxygen atoms in total. The third-order valence-electron chi connectivity index (χ3n) is 6.23. The predicted octanol–water partition coefficient (Wildman–Crippen LogP) is 3.77. The number of anilines is 2. The Labute approximate surface area is 176 Å². The summed E-state index contributed by atoms with van der Waals surface area (Å²) in [6.07, 6.45) is 1.97. The zero-order valence-corrected chi connectivity index (χ0v) is 17.2. The number of ether oxygens (including phenoxy) is 1. The van der Waals surface area contributed by atoms with Crippen molar-refractivity contribution in [2.45, 2.75) is 31.8 Å². The molecule has 2 aromatic carbocycles. The number of hydrogen-bond acceptors (Lipinski definition) is 5. The fourth-order valence-corrected chi connectivity index (χ4v) is 4.39. The molecule has 1 fully saturated rings.